The molecular weight excluding hydrogens is 587 g/mol. The van der Waals surface area contributed by atoms with E-state index in [0.29, 0.717) is 35.4 Å². The van der Waals surface area contributed by atoms with Crippen LogP contribution in [0.1, 0.15) is 44.9 Å². The molecule has 11 heteroatoms. The van der Waals surface area contributed by atoms with E-state index in [1.807, 2.05) is 55.5 Å². The normalized spacial score (nSPS) is 13.4. The number of carbonyl (C=O) groups is 2. The standard InChI is InChI=1S/C32H31ClN6O3.ClH/c1-20-13-27(32(41)37-29-8-7-23(18-35-29)31(40)36-17-21-9-11-34-12-10-21)38-39(20)19-25-15-26(33)14-24-16-28(42-30(24)25)22-5-3-2-4-6-22;/h2-8,13-16,18,21,34H,9-12,17,19H2,1H3,(H,36,40)(H,35,37,41);1H. The lowest BCUT2D eigenvalue weighted by atomic mass is 9.98. The monoisotopic (exact) mass is 618 g/mol. The molecule has 43 heavy (non-hydrogen) atoms. The first-order chi connectivity index (χ1) is 20.4. The van der Waals surface area contributed by atoms with Crippen LogP contribution in [0.4, 0.5) is 5.82 Å². The van der Waals surface area contributed by atoms with Gasteiger partial charge in [-0.2, -0.15) is 5.10 Å². The predicted molar refractivity (Wildman–Crippen MR) is 170 cm³/mol. The first kappa shape index (κ1) is 30.3. The van der Waals surface area contributed by atoms with Crippen LogP contribution >= 0.6 is 24.0 Å². The zero-order valence-electron chi connectivity index (χ0n) is 23.6. The Bertz CT molecular complexity index is 1730. The Morgan fingerprint density at radius 2 is 1.84 bits per heavy atom. The SMILES string of the molecule is Cc1cc(C(=O)Nc2ccc(C(=O)NCC3CCNCC3)cn2)nn1Cc1cc(Cl)cc2cc(-c3ccccc3)oc12.Cl. The Kier molecular flexibility index (Phi) is 9.45. The van der Waals surface area contributed by atoms with E-state index in [9.17, 15) is 9.59 Å². The molecule has 9 nitrogen and oxygen atoms in total. The Morgan fingerprint density at radius 3 is 2.58 bits per heavy atom. The number of furan rings is 1. The van der Waals surface area contributed by atoms with Crippen molar-refractivity contribution in [1.29, 1.82) is 0 Å². The van der Waals surface area contributed by atoms with Crippen molar-refractivity contribution in [2.24, 2.45) is 5.92 Å². The van der Waals surface area contributed by atoms with Gasteiger partial charge in [-0.25, -0.2) is 4.98 Å². The first-order valence-corrected chi connectivity index (χ1v) is 14.4. The molecule has 0 aliphatic carbocycles. The van der Waals surface area contributed by atoms with E-state index in [0.717, 1.165) is 59.5 Å². The Hall–Kier alpha value is -4.18. The molecule has 1 saturated heterocycles. The predicted octanol–water partition coefficient (Wildman–Crippen LogP) is 6.10. The summed E-state index contributed by atoms with van der Waals surface area (Å²) in [6, 6.07) is 20.6. The molecule has 1 fully saturated rings. The molecule has 0 bridgehead atoms. The number of carbonyl (C=O) groups excluding carboxylic acids is 2. The molecular formula is C32H32Cl2N6O3. The van der Waals surface area contributed by atoms with Crippen LogP contribution in [-0.4, -0.2) is 46.2 Å². The Balaban J connectivity index is 0.00000368. The molecule has 2 amide bonds. The number of aryl methyl sites for hydroxylation is 1. The number of nitrogens with one attached hydrogen (secondary N) is 3. The molecule has 0 atom stereocenters. The van der Waals surface area contributed by atoms with Crippen LogP contribution in [0.2, 0.25) is 5.02 Å². The third-order valence-electron chi connectivity index (χ3n) is 7.53. The Morgan fingerprint density at radius 1 is 1.05 bits per heavy atom. The lowest BCUT2D eigenvalue weighted by Crippen LogP contribution is -2.36. The van der Waals surface area contributed by atoms with E-state index in [4.69, 9.17) is 16.0 Å². The van der Waals surface area contributed by atoms with Gasteiger partial charge in [0.05, 0.1) is 12.1 Å². The second-order valence-electron chi connectivity index (χ2n) is 10.6. The van der Waals surface area contributed by atoms with Gasteiger partial charge in [0.25, 0.3) is 11.8 Å². The quantitative estimate of drug-likeness (QED) is 0.193. The van der Waals surface area contributed by atoms with Crippen LogP contribution in [0.15, 0.2) is 77.3 Å². The fourth-order valence-corrected chi connectivity index (χ4v) is 5.45. The molecule has 0 unspecified atom stereocenters. The minimum Gasteiger partial charge on any atom is -0.456 e. The van der Waals surface area contributed by atoms with E-state index >= 15 is 0 Å². The van der Waals surface area contributed by atoms with Crippen molar-refractivity contribution >= 4 is 52.6 Å². The fourth-order valence-electron chi connectivity index (χ4n) is 5.20. The molecule has 1 aliphatic rings. The molecule has 0 spiro atoms. The van der Waals surface area contributed by atoms with Crippen molar-refractivity contribution < 1.29 is 14.0 Å². The summed E-state index contributed by atoms with van der Waals surface area (Å²) in [5.41, 5.74) is 4.06. The highest BCUT2D eigenvalue weighted by Crippen LogP contribution is 2.32. The van der Waals surface area contributed by atoms with Crippen LogP contribution in [0, 0.1) is 12.8 Å². The highest BCUT2D eigenvalue weighted by molar-refractivity contribution is 6.31. The molecule has 4 heterocycles. The van der Waals surface area contributed by atoms with Gasteiger partial charge in [-0.1, -0.05) is 41.9 Å². The topological polar surface area (TPSA) is 114 Å². The van der Waals surface area contributed by atoms with Crippen molar-refractivity contribution in [3.05, 3.63) is 100 Å². The second-order valence-corrected chi connectivity index (χ2v) is 11.0. The van der Waals surface area contributed by atoms with Gasteiger partial charge in [-0.15, -0.1) is 12.4 Å². The van der Waals surface area contributed by atoms with Crippen LogP contribution in [0.3, 0.4) is 0 Å². The molecule has 3 N–H and O–H groups in total. The van der Waals surface area contributed by atoms with Crippen LogP contribution in [0.25, 0.3) is 22.3 Å². The number of fused-ring (bicyclic) bond motifs is 1. The Labute approximate surface area is 260 Å². The molecule has 3 aromatic heterocycles. The molecule has 5 aromatic rings. The highest BCUT2D eigenvalue weighted by Gasteiger charge is 2.18. The summed E-state index contributed by atoms with van der Waals surface area (Å²) in [5.74, 6) is 1.01. The zero-order chi connectivity index (χ0) is 29.1. The summed E-state index contributed by atoms with van der Waals surface area (Å²) in [7, 11) is 0. The number of benzene rings is 2. The molecule has 6 rings (SSSR count). The number of pyridine rings is 1. The number of hydrogen-bond acceptors (Lipinski definition) is 6. The average molecular weight is 620 g/mol. The summed E-state index contributed by atoms with van der Waals surface area (Å²) in [6.07, 6.45) is 3.58. The molecule has 0 saturated carbocycles. The van der Waals surface area contributed by atoms with Gasteiger partial charge < -0.3 is 20.4 Å². The third kappa shape index (κ3) is 7.07. The minimum absolute atomic E-state index is 0. The lowest BCUT2D eigenvalue weighted by molar-refractivity contribution is 0.0943. The summed E-state index contributed by atoms with van der Waals surface area (Å²) in [4.78, 5) is 29.8. The lowest BCUT2D eigenvalue weighted by Gasteiger charge is -2.22. The van der Waals surface area contributed by atoms with Crippen molar-refractivity contribution in [2.75, 3.05) is 25.0 Å². The average Bonchev–Trinajstić information content (AvgIpc) is 3.61. The van der Waals surface area contributed by atoms with Crippen molar-refractivity contribution in [2.45, 2.75) is 26.3 Å². The van der Waals surface area contributed by atoms with Crippen molar-refractivity contribution in [3.8, 4) is 11.3 Å². The maximum atomic E-state index is 13.0. The van der Waals surface area contributed by atoms with Crippen molar-refractivity contribution in [3.63, 3.8) is 0 Å². The first-order valence-electron chi connectivity index (χ1n) is 14.0. The van der Waals surface area contributed by atoms with Gasteiger partial charge >= 0.3 is 0 Å². The number of halogens is 2. The smallest absolute Gasteiger partial charge is 0.277 e. The number of aromatic nitrogens is 3. The number of anilines is 1. The third-order valence-corrected chi connectivity index (χ3v) is 7.75. The largest absolute Gasteiger partial charge is 0.456 e. The van der Waals surface area contributed by atoms with E-state index < -0.39 is 5.91 Å². The summed E-state index contributed by atoms with van der Waals surface area (Å²) >= 11 is 6.45. The van der Waals surface area contributed by atoms with E-state index in [1.165, 1.54) is 6.20 Å². The number of nitrogens with zero attached hydrogens (tertiary/aromatic N) is 3. The van der Waals surface area contributed by atoms with E-state index in [2.05, 4.69) is 26.0 Å². The molecule has 0 radical (unpaired) electrons. The molecule has 222 valence electrons. The van der Waals surface area contributed by atoms with Gasteiger partial charge in [-0.3, -0.25) is 14.3 Å². The minimum atomic E-state index is -0.395. The maximum Gasteiger partial charge on any atom is 0.277 e. The van der Waals surface area contributed by atoms with Gasteiger partial charge in [-0.05, 0) is 75.2 Å². The maximum absolute atomic E-state index is 13.0. The number of piperidine rings is 1. The molecule has 2 aromatic carbocycles. The van der Waals surface area contributed by atoms with E-state index in [-0.39, 0.29) is 24.0 Å². The van der Waals surface area contributed by atoms with Crippen LogP contribution in [-0.2, 0) is 6.54 Å². The van der Waals surface area contributed by atoms with E-state index in [1.54, 1.807) is 22.9 Å². The van der Waals surface area contributed by atoms with Crippen molar-refractivity contribution in [1.82, 2.24) is 25.4 Å². The summed E-state index contributed by atoms with van der Waals surface area (Å²) in [5, 5.41) is 15.1. The fraction of sp³-hybridized carbons (Fsp3) is 0.250. The summed E-state index contributed by atoms with van der Waals surface area (Å²) in [6.45, 7) is 4.88. The zero-order valence-corrected chi connectivity index (χ0v) is 25.2. The van der Waals surface area contributed by atoms with Gasteiger partial charge in [0.15, 0.2) is 5.69 Å². The highest BCUT2D eigenvalue weighted by atomic mass is 35.5. The molecule has 1 aliphatic heterocycles. The van der Waals surface area contributed by atoms with Gasteiger partial charge in [0, 0.05) is 40.0 Å². The van der Waals surface area contributed by atoms with Gasteiger partial charge in [0.2, 0.25) is 0 Å². The number of hydrogen-bond donors (Lipinski definition) is 3. The number of amides is 2. The van der Waals surface area contributed by atoms with Gasteiger partial charge in [0.1, 0.15) is 17.2 Å². The van der Waals surface area contributed by atoms with Crippen LogP contribution < -0.4 is 16.0 Å². The number of rotatable bonds is 8. The van der Waals surface area contributed by atoms with Crippen LogP contribution in [0.5, 0.6) is 0 Å². The second kappa shape index (κ2) is 13.4. The summed E-state index contributed by atoms with van der Waals surface area (Å²) < 4.78 is 7.98.